The normalized spacial score (nSPS) is 10.4. The van der Waals surface area contributed by atoms with Gasteiger partial charge < -0.3 is 11.1 Å². The molecule has 0 radical (unpaired) electrons. The van der Waals surface area contributed by atoms with Crippen molar-refractivity contribution in [1.82, 2.24) is 20.1 Å². The number of benzene rings is 1. The van der Waals surface area contributed by atoms with Gasteiger partial charge in [0.15, 0.2) is 5.82 Å². The van der Waals surface area contributed by atoms with Crippen molar-refractivity contribution in [3.8, 4) is 0 Å². The maximum atomic E-state index is 11.9. The van der Waals surface area contributed by atoms with Crippen LogP contribution in [0.1, 0.15) is 21.7 Å². The molecule has 0 aliphatic rings. The van der Waals surface area contributed by atoms with Crippen LogP contribution in [0.3, 0.4) is 0 Å². The SMILES string of the molecule is Cc1ccc(C(=O)NCCc2ncn(C)n2)c(N)c1. The maximum absolute atomic E-state index is 11.9. The van der Waals surface area contributed by atoms with Gasteiger partial charge in [-0.2, -0.15) is 5.10 Å². The first-order valence-corrected chi connectivity index (χ1v) is 6.05. The molecule has 1 heterocycles. The molecule has 0 fully saturated rings. The first-order chi connectivity index (χ1) is 9.06. The number of rotatable bonds is 4. The van der Waals surface area contributed by atoms with Gasteiger partial charge in [0, 0.05) is 25.7 Å². The van der Waals surface area contributed by atoms with E-state index in [4.69, 9.17) is 5.73 Å². The van der Waals surface area contributed by atoms with E-state index in [1.807, 2.05) is 20.0 Å². The van der Waals surface area contributed by atoms with Crippen molar-refractivity contribution in [3.63, 3.8) is 0 Å². The standard InChI is InChI=1S/C13H17N5O/c1-9-3-4-10(11(14)7-9)13(19)15-6-5-12-16-8-18(2)17-12/h3-4,7-8H,5-6,14H2,1-2H3,(H,15,19). The Hall–Kier alpha value is -2.37. The van der Waals surface area contributed by atoms with E-state index in [9.17, 15) is 4.79 Å². The molecule has 3 N–H and O–H groups in total. The highest BCUT2D eigenvalue weighted by atomic mass is 16.1. The molecule has 19 heavy (non-hydrogen) atoms. The second-order valence-electron chi connectivity index (χ2n) is 4.43. The number of carbonyl (C=O) groups is 1. The lowest BCUT2D eigenvalue weighted by Crippen LogP contribution is -2.26. The first kappa shape index (κ1) is 13.1. The number of aromatic nitrogens is 3. The Morgan fingerprint density at radius 1 is 1.47 bits per heavy atom. The number of amides is 1. The third kappa shape index (κ3) is 3.31. The lowest BCUT2D eigenvalue weighted by molar-refractivity contribution is 0.0955. The fourth-order valence-electron chi connectivity index (χ4n) is 1.77. The number of aryl methyl sites for hydroxylation is 2. The summed E-state index contributed by atoms with van der Waals surface area (Å²) in [6.07, 6.45) is 2.23. The minimum atomic E-state index is -0.173. The number of nitrogens with one attached hydrogen (secondary N) is 1. The predicted molar refractivity (Wildman–Crippen MR) is 72.6 cm³/mol. The van der Waals surface area contributed by atoms with E-state index in [2.05, 4.69) is 15.4 Å². The van der Waals surface area contributed by atoms with Crippen molar-refractivity contribution in [3.05, 3.63) is 41.5 Å². The van der Waals surface area contributed by atoms with Crippen LogP contribution < -0.4 is 11.1 Å². The molecule has 6 heteroatoms. The molecule has 0 spiro atoms. The Labute approximate surface area is 111 Å². The maximum Gasteiger partial charge on any atom is 0.253 e. The molecule has 6 nitrogen and oxygen atoms in total. The number of nitrogens with two attached hydrogens (primary N) is 1. The molecule has 0 aliphatic carbocycles. The van der Waals surface area contributed by atoms with Crippen molar-refractivity contribution in [2.45, 2.75) is 13.3 Å². The smallest absolute Gasteiger partial charge is 0.253 e. The van der Waals surface area contributed by atoms with Crippen LogP contribution in [0.2, 0.25) is 0 Å². The van der Waals surface area contributed by atoms with Gasteiger partial charge in [0.25, 0.3) is 5.91 Å². The zero-order chi connectivity index (χ0) is 13.8. The van der Waals surface area contributed by atoms with E-state index < -0.39 is 0 Å². The minimum absolute atomic E-state index is 0.173. The molecule has 0 saturated heterocycles. The second kappa shape index (κ2) is 5.51. The van der Waals surface area contributed by atoms with Gasteiger partial charge in [-0.1, -0.05) is 6.07 Å². The number of anilines is 1. The van der Waals surface area contributed by atoms with Gasteiger partial charge in [-0.25, -0.2) is 4.98 Å². The Morgan fingerprint density at radius 3 is 2.89 bits per heavy atom. The van der Waals surface area contributed by atoms with Crippen LogP contribution in [0.5, 0.6) is 0 Å². The molecule has 2 aromatic rings. The van der Waals surface area contributed by atoms with Gasteiger partial charge in [-0.05, 0) is 24.6 Å². The van der Waals surface area contributed by atoms with E-state index >= 15 is 0 Å². The highest BCUT2D eigenvalue weighted by molar-refractivity contribution is 5.99. The van der Waals surface area contributed by atoms with E-state index in [-0.39, 0.29) is 5.91 Å². The van der Waals surface area contributed by atoms with Crippen LogP contribution in [0.4, 0.5) is 5.69 Å². The van der Waals surface area contributed by atoms with Crippen molar-refractivity contribution in [2.75, 3.05) is 12.3 Å². The van der Waals surface area contributed by atoms with Crippen LogP contribution in [0.15, 0.2) is 24.5 Å². The third-order valence-corrected chi connectivity index (χ3v) is 2.73. The van der Waals surface area contributed by atoms with E-state index in [1.54, 1.807) is 23.1 Å². The number of hydrogen-bond acceptors (Lipinski definition) is 4. The second-order valence-corrected chi connectivity index (χ2v) is 4.43. The van der Waals surface area contributed by atoms with Gasteiger partial charge in [0.2, 0.25) is 0 Å². The Balaban J connectivity index is 1.90. The van der Waals surface area contributed by atoms with Crippen molar-refractivity contribution in [2.24, 2.45) is 7.05 Å². The Bertz CT molecular complexity index is 590. The summed E-state index contributed by atoms with van der Waals surface area (Å²) in [5.41, 5.74) is 7.85. The Morgan fingerprint density at radius 2 is 2.26 bits per heavy atom. The molecular formula is C13H17N5O. The zero-order valence-electron chi connectivity index (χ0n) is 11.1. The van der Waals surface area contributed by atoms with Crippen molar-refractivity contribution in [1.29, 1.82) is 0 Å². The third-order valence-electron chi connectivity index (χ3n) is 2.73. The van der Waals surface area contributed by atoms with Crippen LogP contribution in [0, 0.1) is 6.92 Å². The molecule has 0 aliphatic heterocycles. The molecule has 0 unspecified atom stereocenters. The van der Waals surface area contributed by atoms with Gasteiger partial charge in [0.1, 0.15) is 6.33 Å². The molecular weight excluding hydrogens is 242 g/mol. The van der Waals surface area contributed by atoms with Gasteiger partial charge >= 0.3 is 0 Å². The minimum Gasteiger partial charge on any atom is -0.398 e. The topological polar surface area (TPSA) is 85.8 Å². The highest BCUT2D eigenvalue weighted by Gasteiger charge is 2.09. The fraction of sp³-hybridized carbons (Fsp3) is 0.308. The van der Waals surface area contributed by atoms with Gasteiger partial charge in [-0.3, -0.25) is 9.48 Å². The summed E-state index contributed by atoms with van der Waals surface area (Å²) in [5, 5.41) is 6.95. The molecule has 0 saturated carbocycles. The summed E-state index contributed by atoms with van der Waals surface area (Å²) in [6.45, 7) is 2.42. The van der Waals surface area contributed by atoms with Crippen LogP contribution in [-0.2, 0) is 13.5 Å². The summed E-state index contributed by atoms with van der Waals surface area (Å²) in [7, 11) is 1.81. The van der Waals surface area contributed by atoms with Crippen molar-refractivity contribution < 1.29 is 4.79 Å². The van der Waals surface area contributed by atoms with Crippen LogP contribution >= 0.6 is 0 Å². The molecule has 2 rings (SSSR count). The molecule has 1 aromatic heterocycles. The fourth-order valence-corrected chi connectivity index (χ4v) is 1.77. The molecule has 0 atom stereocenters. The first-order valence-electron chi connectivity index (χ1n) is 6.05. The summed E-state index contributed by atoms with van der Waals surface area (Å²) in [6, 6.07) is 5.39. The van der Waals surface area contributed by atoms with Gasteiger partial charge in [-0.15, -0.1) is 0 Å². The van der Waals surface area contributed by atoms with E-state index in [0.29, 0.717) is 30.0 Å². The number of hydrogen-bond donors (Lipinski definition) is 2. The predicted octanol–water partition coefficient (Wildman–Crippen LogP) is 0.678. The van der Waals surface area contributed by atoms with Crippen LogP contribution in [0.25, 0.3) is 0 Å². The summed E-state index contributed by atoms with van der Waals surface area (Å²) in [5.74, 6) is 0.535. The molecule has 1 amide bonds. The average Bonchev–Trinajstić information content (AvgIpc) is 2.75. The van der Waals surface area contributed by atoms with Gasteiger partial charge in [0.05, 0.1) is 5.56 Å². The molecule has 1 aromatic carbocycles. The average molecular weight is 259 g/mol. The molecule has 100 valence electrons. The lowest BCUT2D eigenvalue weighted by atomic mass is 10.1. The highest BCUT2D eigenvalue weighted by Crippen LogP contribution is 2.13. The monoisotopic (exact) mass is 259 g/mol. The summed E-state index contributed by atoms with van der Waals surface area (Å²) < 4.78 is 1.63. The zero-order valence-corrected chi connectivity index (χ0v) is 11.1. The summed E-state index contributed by atoms with van der Waals surface area (Å²) >= 11 is 0. The molecule has 0 bridgehead atoms. The number of nitrogen functional groups attached to an aromatic ring is 1. The number of carbonyl (C=O) groups excluding carboxylic acids is 1. The van der Waals surface area contributed by atoms with Crippen LogP contribution in [-0.4, -0.2) is 27.2 Å². The largest absolute Gasteiger partial charge is 0.398 e. The van der Waals surface area contributed by atoms with Crippen molar-refractivity contribution >= 4 is 11.6 Å². The Kier molecular flexibility index (Phi) is 3.79. The lowest BCUT2D eigenvalue weighted by Gasteiger charge is -2.07. The number of nitrogens with zero attached hydrogens (tertiary/aromatic N) is 3. The quantitative estimate of drug-likeness (QED) is 0.790. The summed E-state index contributed by atoms with van der Waals surface area (Å²) in [4.78, 5) is 16.0. The van der Waals surface area contributed by atoms with E-state index in [1.165, 1.54) is 0 Å². The van der Waals surface area contributed by atoms with E-state index in [0.717, 1.165) is 5.56 Å².